The fraction of sp³-hybridized carbons (Fsp3) is 0.400. The van der Waals surface area contributed by atoms with Crippen molar-refractivity contribution in [1.29, 1.82) is 0 Å². The summed E-state index contributed by atoms with van der Waals surface area (Å²) in [4.78, 5) is 27.8. The summed E-state index contributed by atoms with van der Waals surface area (Å²) >= 11 is 5.86. The number of hydrogen-bond donors (Lipinski definition) is 2. The second-order valence-electron chi connectivity index (χ2n) is 5.04. The largest absolute Gasteiger partial charge is 0.495 e. The van der Waals surface area contributed by atoms with Crippen LogP contribution < -0.4 is 15.4 Å². The maximum atomic E-state index is 11.7. The Bertz CT molecular complexity index is 576. The smallest absolute Gasteiger partial charge is 0.270 e. The lowest BCUT2D eigenvalue weighted by molar-refractivity contribution is -0.126. The molecule has 0 aromatic heterocycles. The number of nitrogens with zero attached hydrogens (tertiary/aromatic N) is 1. The molecule has 0 bridgehead atoms. The highest BCUT2D eigenvalue weighted by Crippen LogP contribution is 2.27. The Kier molecular flexibility index (Phi) is 7.90. The lowest BCUT2D eigenvalue weighted by Crippen LogP contribution is -2.30. The highest BCUT2D eigenvalue weighted by Gasteiger charge is 2.07. The third kappa shape index (κ3) is 7.51. The Balaban J connectivity index is 2.42. The predicted molar refractivity (Wildman–Crippen MR) is 88.9 cm³/mol. The summed E-state index contributed by atoms with van der Waals surface area (Å²) in [7, 11) is 1.48. The van der Waals surface area contributed by atoms with Crippen molar-refractivity contribution in [2.75, 3.05) is 25.6 Å². The Morgan fingerprint density at radius 2 is 2.13 bits per heavy atom. The molecule has 2 amide bonds. The van der Waals surface area contributed by atoms with E-state index in [9.17, 15) is 9.59 Å². The lowest BCUT2D eigenvalue weighted by Gasteiger charge is -2.08. The van der Waals surface area contributed by atoms with Crippen LogP contribution >= 0.6 is 11.6 Å². The Labute approximate surface area is 140 Å². The van der Waals surface area contributed by atoms with Gasteiger partial charge < -0.3 is 20.2 Å². The van der Waals surface area contributed by atoms with Gasteiger partial charge in [-0.3, -0.25) is 9.59 Å². The van der Waals surface area contributed by atoms with Gasteiger partial charge >= 0.3 is 0 Å². The molecule has 0 aliphatic rings. The van der Waals surface area contributed by atoms with Crippen molar-refractivity contribution < 1.29 is 19.2 Å². The molecule has 1 rings (SSSR count). The van der Waals surface area contributed by atoms with E-state index in [1.807, 2.05) is 13.8 Å². The zero-order valence-corrected chi connectivity index (χ0v) is 14.0. The van der Waals surface area contributed by atoms with E-state index in [0.717, 1.165) is 6.21 Å². The average molecular weight is 342 g/mol. The van der Waals surface area contributed by atoms with Crippen LogP contribution in [0.3, 0.4) is 0 Å². The summed E-state index contributed by atoms with van der Waals surface area (Å²) in [5, 5.41) is 9.11. The van der Waals surface area contributed by atoms with Crippen LogP contribution in [0.25, 0.3) is 0 Å². The molecule has 0 radical (unpaired) electrons. The molecule has 0 spiro atoms. The molecule has 1 aromatic carbocycles. The van der Waals surface area contributed by atoms with E-state index >= 15 is 0 Å². The van der Waals surface area contributed by atoms with Gasteiger partial charge in [0.05, 0.1) is 12.8 Å². The number of benzene rings is 1. The SMILES string of the molecule is COc1ccc(Cl)cc1NC(=O)/C=N\OCC(=O)NCC(C)C. The average Bonchev–Trinajstić information content (AvgIpc) is 2.50. The summed E-state index contributed by atoms with van der Waals surface area (Å²) in [6.07, 6.45) is 0.927. The van der Waals surface area contributed by atoms with Crippen LogP contribution in [-0.2, 0) is 14.4 Å². The molecule has 0 saturated carbocycles. The number of hydrogen-bond acceptors (Lipinski definition) is 5. The molecule has 7 nitrogen and oxygen atoms in total. The van der Waals surface area contributed by atoms with Crippen LogP contribution in [-0.4, -0.2) is 38.3 Å². The fourth-order valence-corrected chi connectivity index (χ4v) is 1.67. The first-order valence-electron chi connectivity index (χ1n) is 6.99. The molecule has 0 atom stereocenters. The molecule has 1 aromatic rings. The second-order valence-corrected chi connectivity index (χ2v) is 5.48. The molecule has 2 N–H and O–H groups in total. The van der Waals surface area contributed by atoms with Crippen molar-refractivity contribution in [1.82, 2.24) is 5.32 Å². The second kappa shape index (κ2) is 9.68. The molecule has 126 valence electrons. The van der Waals surface area contributed by atoms with Crippen LogP contribution in [0.4, 0.5) is 5.69 Å². The number of ether oxygens (including phenoxy) is 1. The quantitative estimate of drug-likeness (QED) is 0.559. The molecule has 0 saturated heterocycles. The minimum absolute atomic E-state index is 0.253. The minimum Gasteiger partial charge on any atom is -0.495 e. The van der Waals surface area contributed by atoms with Gasteiger partial charge in [-0.15, -0.1) is 0 Å². The number of nitrogens with one attached hydrogen (secondary N) is 2. The van der Waals surface area contributed by atoms with Gasteiger partial charge in [0.15, 0.2) is 6.61 Å². The standard InChI is InChI=1S/C15H20ClN3O4/c1-10(2)7-17-15(21)9-23-18-8-14(20)19-12-6-11(16)4-5-13(12)22-3/h4-6,8,10H,7,9H2,1-3H3,(H,17,21)(H,19,20)/b18-8-. The molecule has 23 heavy (non-hydrogen) atoms. The number of carbonyl (C=O) groups is 2. The maximum absolute atomic E-state index is 11.7. The van der Waals surface area contributed by atoms with Crippen molar-refractivity contribution in [2.45, 2.75) is 13.8 Å². The molecule has 0 aliphatic carbocycles. The number of rotatable bonds is 8. The van der Waals surface area contributed by atoms with Crippen molar-refractivity contribution >= 4 is 35.3 Å². The number of amides is 2. The first-order valence-corrected chi connectivity index (χ1v) is 7.36. The number of methoxy groups -OCH3 is 1. The topological polar surface area (TPSA) is 89.0 Å². The summed E-state index contributed by atoms with van der Waals surface area (Å²) in [5.74, 6) is -0.0213. The van der Waals surface area contributed by atoms with Gasteiger partial charge in [-0.1, -0.05) is 30.6 Å². The Morgan fingerprint density at radius 3 is 2.78 bits per heavy atom. The third-order valence-corrected chi connectivity index (χ3v) is 2.80. The van der Waals surface area contributed by atoms with Crippen molar-refractivity contribution in [2.24, 2.45) is 11.1 Å². The van der Waals surface area contributed by atoms with Crippen LogP contribution in [0.1, 0.15) is 13.8 Å². The summed E-state index contributed by atoms with van der Waals surface area (Å²) in [6, 6.07) is 4.82. The van der Waals surface area contributed by atoms with Crippen LogP contribution in [0.2, 0.25) is 5.02 Å². The zero-order chi connectivity index (χ0) is 17.2. The van der Waals surface area contributed by atoms with Crippen molar-refractivity contribution in [3.8, 4) is 5.75 Å². The normalized spacial score (nSPS) is 10.7. The molecule has 0 heterocycles. The van der Waals surface area contributed by atoms with Gasteiger partial charge in [-0.05, 0) is 24.1 Å². The number of halogens is 1. The van der Waals surface area contributed by atoms with Crippen LogP contribution in [0.5, 0.6) is 5.75 Å². The van der Waals surface area contributed by atoms with Gasteiger partial charge in [-0.25, -0.2) is 0 Å². The lowest BCUT2D eigenvalue weighted by atomic mass is 10.2. The summed E-state index contributed by atoms with van der Waals surface area (Å²) in [5.41, 5.74) is 0.408. The van der Waals surface area contributed by atoms with Crippen LogP contribution in [0, 0.1) is 5.92 Å². The van der Waals surface area contributed by atoms with E-state index in [4.69, 9.17) is 21.2 Å². The molecule has 8 heteroatoms. The molecule has 0 fully saturated rings. The van der Waals surface area contributed by atoms with Gasteiger partial charge in [0.25, 0.3) is 11.8 Å². The van der Waals surface area contributed by atoms with E-state index in [1.54, 1.807) is 18.2 Å². The molecular weight excluding hydrogens is 322 g/mol. The Hall–Kier alpha value is -2.28. The first kappa shape index (κ1) is 18.8. The van der Waals surface area contributed by atoms with Gasteiger partial charge in [-0.2, -0.15) is 0 Å². The molecular formula is C15H20ClN3O4. The maximum Gasteiger partial charge on any atom is 0.270 e. The van der Waals surface area contributed by atoms with Crippen LogP contribution in [0.15, 0.2) is 23.4 Å². The first-order chi connectivity index (χ1) is 10.9. The van der Waals surface area contributed by atoms with Crippen molar-refractivity contribution in [3.63, 3.8) is 0 Å². The zero-order valence-electron chi connectivity index (χ0n) is 13.3. The monoisotopic (exact) mass is 341 g/mol. The number of carbonyl (C=O) groups excluding carboxylic acids is 2. The minimum atomic E-state index is -0.534. The van der Waals surface area contributed by atoms with Gasteiger partial charge in [0, 0.05) is 11.6 Å². The molecule has 0 aliphatic heterocycles. The number of anilines is 1. The van der Waals surface area contributed by atoms with Gasteiger partial charge in [0.1, 0.15) is 12.0 Å². The summed E-state index contributed by atoms with van der Waals surface area (Å²) < 4.78 is 5.10. The molecule has 0 unspecified atom stereocenters. The van der Waals surface area contributed by atoms with E-state index in [1.165, 1.54) is 7.11 Å². The fourth-order valence-electron chi connectivity index (χ4n) is 1.49. The van der Waals surface area contributed by atoms with E-state index in [-0.39, 0.29) is 12.5 Å². The van der Waals surface area contributed by atoms with Gasteiger partial charge in [0.2, 0.25) is 0 Å². The van der Waals surface area contributed by atoms with Crippen molar-refractivity contribution in [3.05, 3.63) is 23.2 Å². The van der Waals surface area contributed by atoms with E-state index < -0.39 is 5.91 Å². The third-order valence-electron chi connectivity index (χ3n) is 2.57. The Morgan fingerprint density at radius 1 is 1.39 bits per heavy atom. The van der Waals surface area contributed by atoms with E-state index in [2.05, 4.69) is 15.8 Å². The highest BCUT2D eigenvalue weighted by molar-refractivity contribution is 6.33. The van der Waals surface area contributed by atoms with E-state index in [0.29, 0.717) is 28.9 Å². The highest BCUT2D eigenvalue weighted by atomic mass is 35.5. The predicted octanol–water partition coefficient (Wildman–Crippen LogP) is 2.06. The summed E-state index contributed by atoms with van der Waals surface area (Å²) in [6.45, 7) is 4.26. The number of oxime groups is 1.